The number of amides is 2. The van der Waals surface area contributed by atoms with Crippen LogP contribution in [0.3, 0.4) is 0 Å². The number of hydrogen-bond acceptors (Lipinski definition) is 7. The molecule has 3 aromatic rings. The van der Waals surface area contributed by atoms with Crippen molar-refractivity contribution in [2.45, 2.75) is 32.4 Å². The molecule has 0 atom stereocenters. The second kappa shape index (κ2) is 9.27. The lowest BCUT2D eigenvalue weighted by Crippen LogP contribution is -2.45. The van der Waals surface area contributed by atoms with Gasteiger partial charge in [0.1, 0.15) is 5.82 Å². The monoisotopic (exact) mass is 449 g/mol. The maximum atomic E-state index is 12.6. The van der Waals surface area contributed by atoms with E-state index in [1.165, 1.54) is 17.3 Å². The van der Waals surface area contributed by atoms with Crippen molar-refractivity contribution in [3.8, 4) is 0 Å². The minimum Gasteiger partial charge on any atom is -0.465 e. The highest BCUT2D eigenvalue weighted by Gasteiger charge is 2.27. The largest absolute Gasteiger partial charge is 0.465 e. The van der Waals surface area contributed by atoms with E-state index in [0.29, 0.717) is 25.9 Å². The number of pyridine rings is 1. The maximum Gasteiger partial charge on any atom is 0.407 e. The number of nitrogens with two attached hydrogens (primary N) is 1. The zero-order valence-corrected chi connectivity index (χ0v) is 18.7. The topological polar surface area (TPSA) is 138 Å². The van der Waals surface area contributed by atoms with E-state index in [0.717, 1.165) is 27.8 Å². The van der Waals surface area contributed by atoms with Crippen molar-refractivity contribution in [1.82, 2.24) is 25.2 Å². The molecule has 1 aromatic carbocycles. The van der Waals surface area contributed by atoms with E-state index in [9.17, 15) is 14.7 Å². The Balaban J connectivity index is 1.60. The molecule has 0 radical (unpaired) electrons. The number of hydrogen-bond donors (Lipinski definition) is 3. The number of nitrogens with zero attached hydrogens (tertiary/aromatic N) is 5. The molecule has 0 saturated carbocycles. The Hall–Kier alpha value is -3.95. The lowest BCUT2D eigenvalue weighted by Gasteiger charge is -2.37. The van der Waals surface area contributed by atoms with Crippen molar-refractivity contribution in [3.05, 3.63) is 53.5 Å². The number of aromatic nitrogens is 3. The van der Waals surface area contributed by atoms with Gasteiger partial charge in [-0.25, -0.2) is 19.7 Å². The van der Waals surface area contributed by atoms with Gasteiger partial charge in [-0.05, 0) is 31.4 Å². The predicted molar refractivity (Wildman–Crippen MR) is 125 cm³/mol. The number of carbonyl (C=O) groups is 2. The summed E-state index contributed by atoms with van der Waals surface area (Å²) in [5.41, 5.74) is 8.71. The molecular formula is C23H27N7O3. The van der Waals surface area contributed by atoms with E-state index in [1.54, 1.807) is 7.05 Å². The maximum absolute atomic E-state index is 12.6. The zero-order chi connectivity index (χ0) is 23.5. The lowest BCUT2D eigenvalue weighted by molar-refractivity contribution is 0.0946. The third kappa shape index (κ3) is 4.64. The van der Waals surface area contributed by atoms with Crippen molar-refractivity contribution in [1.29, 1.82) is 0 Å². The van der Waals surface area contributed by atoms with Gasteiger partial charge in [0.15, 0.2) is 11.5 Å². The first-order valence-corrected chi connectivity index (χ1v) is 10.8. The van der Waals surface area contributed by atoms with Crippen LogP contribution in [0.2, 0.25) is 0 Å². The summed E-state index contributed by atoms with van der Waals surface area (Å²) in [6.45, 7) is 3.61. The molecule has 0 bridgehead atoms. The molecule has 4 N–H and O–H groups in total. The minimum absolute atomic E-state index is 0.0243. The minimum atomic E-state index is -0.917. The van der Waals surface area contributed by atoms with Crippen LogP contribution >= 0.6 is 0 Å². The van der Waals surface area contributed by atoms with Crippen LogP contribution in [0.25, 0.3) is 10.9 Å². The van der Waals surface area contributed by atoms with E-state index in [1.807, 2.05) is 31.2 Å². The Morgan fingerprint density at radius 2 is 1.97 bits per heavy atom. The molecule has 10 heteroatoms. The molecule has 3 heterocycles. The van der Waals surface area contributed by atoms with Crippen LogP contribution in [0, 0.1) is 6.92 Å². The molecule has 33 heavy (non-hydrogen) atoms. The fourth-order valence-electron chi connectivity index (χ4n) is 4.19. The van der Waals surface area contributed by atoms with Gasteiger partial charge in [-0.3, -0.25) is 4.79 Å². The van der Waals surface area contributed by atoms with Crippen LogP contribution in [-0.2, 0) is 6.54 Å². The predicted octanol–water partition coefficient (Wildman–Crippen LogP) is 2.42. The van der Waals surface area contributed by atoms with Gasteiger partial charge in [-0.2, -0.15) is 0 Å². The molecule has 10 nitrogen and oxygen atoms in total. The van der Waals surface area contributed by atoms with Crippen molar-refractivity contribution in [2.75, 3.05) is 30.8 Å². The molecule has 2 aromatic heterocycles. The Bertz CT molecular complexity index is 1190. The SMILES string of the molecule is Cc1cccc2cc(CNC(=O)c3nccnc3N)c(N3CCC(N(C)C(=O)O)CC3)nc12. The number of para-hydroxylation sites is 1. The smallest absolute Gasteiger partial charge is 0.407 e. The molecule has 4 rings (SSSR count). The van der Waals surface area contributed by atoms with E-state index >= 15 is 0 Å². The van der Waals surface area contributed by atoms with Crippen LogP contribution in [0.5, 0.6) is 0 Å². The summed E-state index contributed by atoms with van der Waals surface area (Å²) in [5.74, 6) is 0.463. The summed E-state index contributed by atoms with van der Waals surface area (Å²) in [7, 11) is 1.61. The molecule has 172 valence electrons. The van der Waals surface area contributed by atoms with Gasteiger partial charge in [0, 0.05) is 56.1 Å². The molecule has 1 aliphatic rings. The molecule has 0 unspecified atom stereocenters. The van der Waals surface area contributed by atoms with Gasteiger partial charge < -0.3 is 26.0 Å². The third-order valence-electron chi connectivity index (χ3n) is 6.10. The number of carboxylic acid groups (broad SMARTS) is 1. The number of nitrogen functional groups attached to an aromatic ring is 1. The number of carbonyl (C=O) groups excluding carboxylic acids is 1. The number of piperidine rings is 1. The summed E-state index contributed by atoms with van der Waals surface area (Å²) < 4.78 is 0. The fourth-order valence-corrected chi connectivity index (χ4v) is 4.19. The molecule has 0 spiro atoms. The number of rotatable bonds is 5. The highest BCUT2D eigenvalue weighted by Crippen LogP contribution is 2.28. The average Bonchev–Trinajstić information content (AvgIpc) is 2.82. The van der Waals surface area contributed by atoms with Crippen molar-refractivity contribution < 1.29 is 14.7 Å². The number of aryl methyl sites for hydroxylation is 1. The highest BCUT2D eigenvalue weighted by molar-refractivity contribution is 5.96. The summed E-state index contributed by atoms with van der Waals surface area (Å²) in [4.78, 5) is 40.4. The van der Waals surface area contributed by atoms with Gasteiger partial charge in [0.05, 0.1) is 5.52 Å². The highest BCUT2D eigenvalue weighted by atomic mass is 16.4. The van der Waals surface area contributed by atoms with E-state index in [2.05, 4.69) is 20.2 Å². The third-order valence-corrected chi connectivity index (χ3v) is 6.10. The first-order chi connectivity index (χ1) is 15.8. The molecule has 1 aliphatic heterocycles. The molecule has 1 saturated heterocycles. The van der Waals surface area contributed by atoms with Gasteiger partial charge in [0.2, 0.25) is 0 Å². The number of fused-ring (bicyclic) bond motifs is 1. The first kappa shape index (κ1) is 22.3. The second-order valence-corrected chi connectivity index (χ2v) is 8.20. The Kier molecular flexibility index (Phi) is 6.25. The summed E-state index contributed by atoms with van der Waals surface area (Å²) >= 11 is 0. The summed E-state index contributed by atoms with van der Waals surface area (Å²) in [5, 5.41) is 13.2. The average molecular weight is 450 g/mol. The van der Waals surface area contributed by atoms with E-state index in [4.69, 9.17) is 10.7 Å². The van der Waals surface area contributed by atoms with Gasteiger partial charge in [0.25, 0.3) is 5.91 Å². The molecule has 0 aliphatic carbocycles. The van der Waals surface area contributed by atoms with Crippen LogP contribution in [-0.4, -0.2) is 63.1 Å². The van der Waals surface area contributed by atoms with Crippen LogP contribution < -0.4 is 16.0 Å². The first-order valence-electron chi connectivity index (χ1n) is 10.8. The standard InChI is InChI=1S/C23H27N7O3/c1-14-4-3-5-15-12-16(13-27-22(31)19-20(24)26-9-8-25-19)21(28-18(14)15)30-10-6-17(7-11-30)29(2)23(32)33/h3-5,8-9,12,17H,6-7,10-11,13H2,1-2H3,(H2,24,26)(H,27,31)(H,32,33). The van der Waals surface area contributed by atoms with Crippen molar-refractivity contribution in [2.24, 2.45) is 0 Å². The van der Waals surface area contributed by atoms with Gasteiger partial charge >= 0.3 is 6.09 Å². The van der Waals surface area contributed by atoms with Crippen molar-refractivity contribution in [3.63, 3.8) is 0 Å². The molecule has 1 fully saturated rings. The molecular weight excluding hydrogens is 422 g/mol. The zero-order valence-electron chi connectivity index (χ0n) is 18.7. The summed E-state index contributed by atoms with van der Waals surface area (Å²) in [6, 6.07) is 8.02. The lowest BCUT2D eigenvalue weighted by atomic mass is 10.0. The molecule has 2 amide bonds. The van der Waals surface area contributed by atoms with Gasteiger partial charge in [-0.15, -0.1) is 0 Å². The Morgan fingerprint density at radius 3 is 2.67 bits per heavy atom. The van der Waals surface area contributed by atoms with Gasteiger partial charge in [-0.1, -0.05) is 18.2 Å². The normalized spacial score (nSPS) is 14.3. The number of benzene rings is 1. The van der Waals surface area contributed by atoms with E-state index < -0.39 is 12.0 Å². The number of anilines is 2. The quantitative estimate of drug-likeness (QED) is 0.540. The van der Waals surface area contributed by atoms with Crippen molar-refractivity contribution >= 4 is 34.5 Å². The van der Waals surface area contributed by atoms with E-state index in [-0.39, 0.29) is 24.1 Å². The summed E-state index contributed by atoms with van der Waals surface area (Å²) in [6.07, 6.45) is 3.36. The van der Waals surface area contributed by atoms with Crippen LogP contribution in [0.15, 0.2) is 36.7 Å². The van der Waals surface area contributed by atoms with Crippen LogP contribution in [0.1, 0.15) is 34.5 Å². The Morgan fingerprint density at radius 1 is 1.24 bits per heavy atom. The van der Waals surface area contributed by atoms with Crippen LogP contribution in [0.4, 0.5) is 16.4 Å². The second-order valence-electron chi connectivity index (χ2n) is 8.20. The fraction of sp³-hybridized carbons (Fsp3) is 0.348. The number of nitrogens with one attached hydrogen (secondary N) is 1. The Labute approximate surface area is 191 Å².